The van der Waals surface area contributed by atoms with Crippen molar-refractivity contribution in [3.8, 4) is 0 Å². The summed E-state index contributed by atoms with van der Waals surface area (Å²) >= 11 is 0. The zero-order chi connectivity index (χ0) is 13.4. The van der Waals surface area contributed by atoms with Crippen LogP contribution in [0.25, 0.3) is 0 Å². The number of nitrogens with zero attached hydrogens (tertiary/aromatic N) is 4. The summed E-state index contributed by atoms with van der Waals surface area (Å²) in [7, 11) is 0. The first-order chi connectivity index (χ1) is 9.13. The van der Waals surface area contributed by atoms with E-state index in [1.807, 2.05) is 24.8 Å². The monoisotopic (exact) mass is 262 g/mol. The van der Waals surface area contributed by atoms with Gasteiger partial charge in [-0.15, -0.1) is 0 Å². The van der Waals surface area contributed by atoms with E-state index in [1.165, 1.54) is 0 Å². The Hall–Kier alpha value is -1.85. The molecule has 19 heavy (non-hydrogen) atoms. The molecule has 0 bridgehead atoms. The molecule has 1 aromatic rings. The van der Waals surface area contributed by atoms with Gasteiger partial charge in [0.2, 0.25) is 5.95 Å². The first kappa shape index (κ1) is 12.2. The van der Waals surface area contributed by atoms with Crippen LogP contribution in [0.15, 0.2) is 6.07 Å². The van der Waals surface area contributed by atoms with Crippen molar-refractivity contribution in [1.82, 2.24) is 14.9 Å². The van der Waals surface area contributed by atoms with Gasteiger partial charge in [-0.1, -0.05) is 0 Å². The molecule has 0 saturated carbocycles. The molecule has 1 atom stereocenters. The summed E-state index contributed by atoms with van der Waals surface area (Å²) in [6.45, 7) is 6.84. The van der Waals surface area contributed by atoms with E-state index in [4.69, 9.17) is 4.74 Å². The van der Waals surface area contributed by atoms with E-state index in [2.05, 4.69) is 14.9 Å². The fraction of sp³-hybridized carbons (Fsp3) is 0.615. The van der Waals surface area contributed by atoms with Gasteiger partial charge in [0.05, 0.1) is 12.6 Å². The lowest BCUT2D eigenvalue weighted by Gasteiger charge is -2.22. The van der Waals surface area contributed by atoms with Gasteiger partial charge in [-0.05, 0) is 26.3 Å². The summed E-state index contributed by atoms with van der Waals surface area (Å²) in [6, 6.07) is 2.19. The number of aromatic nitrogens is 2. The highest BCUT2D eigenvalue weighted by molar-refractivity contribution is 5.70. The van der Waals surface area contributed by atoms with Crippen molar-refractivity contribution >= 4 is 12.0 Å². The molecule has 2 saturated heterocycles. The SMILES string of the molecule is Cc1cc(C)nc(N2CCC(N3CCOC3=O)C2)n1. The molecule has 1 aromatic heterocycles. The highest BCUT2D eigenvalue weighted by Crippen LogP contribution is 2.22. The largest absolute Gasteiger partial charge is 0.448 e. The van der Waals surface area contributed by atoms with Crippen LogP contribution in [0, 0.1) is 13.8 Å². The van der Waals surface area contributed by atoms with Gasteiger partial charge < -0.3 is 9.64 Å². The molecule has 0 spiro atoms. The maximum Gasteiger partial charge on any atom is 0.410 e. The third kappa shape index (κ3) is 2.34. The minimum absolute atomic E-state index is 0.187. The molecule has 6 nitrogen and oxygen atoms in total. The maximum absolute atomic E-state index is 11.6. The number of aryl methyl sites for hydroxylation is 2. The number of rotatable bonds is 2. The Kier molecular flexibility index (Phi) is 3.00. The molecule has 2 aliphatic rings. The van der Waals surface area contributed by atoms with Gasteiger partial charge in [-0.3, -0.25) is 4.90 Å². The fourth-order valence-electron chi connectivity index (χ4n) is 2.76. The number of hydrogen-bond donors (Lipinski definition) is 0. The number of anilines is 1. The lowest BCUT2D eigenvalue weighted by atomic mass is 10.2. The van der Waals surface area contributed by atoms with E-state index in [9.17, 15) is 4.79 Å². The van der Waals surface area contributed by atoms with E-state index >= 15 is 0 Å². The van der Waals surface area contributed by atoms with Crippen LogP contribution in [0.3, 0.4) is 0 Å². The highest BCUT2D eigenvalue weighted by atomic mass is 16.6. The maximum atomic E-state index is 11.6. The van der Waals surface area contributed by atoms with Crippen LogP contribution in [0.1, 0.15) is 17.8 Å². The lowest BCUT2D eigenvalue weighted by Crippen LogP contribution is -2.38. The van der Waals surface area contributed by atoms with Crippen molar-refractivity contribution in [2.45, 2.75) is 26.3 Å². The molecule has 2 aliphatic heterocycles. The lowest BCUT2D eigenvalue weighted by molar-refractivity contribution is 0.150. The number of carbonyl (C=O) groups is 1. The van der Waals surface area contributed by atoms with E-state index in [0.717, 1.165) is 36.8 Å². The van der Waals surface area contributed by atoms with Crippen LogP contribution in [0.5, 0.6) is 0 Å². The Morgan fingerprint density at radius 3 is 2.63 bits per heavy atom. The van der Waals surface area contributed by atoms with Crippen molar-refractivity contribution in [1.29, 1.82) is 0 Å². The standard InChI is InChI=1S/C13H18N4O2/c1-9-7-10(2)15-12(14-9)16-4-3-11(8-16)17-5-6-19-13(17)18/h7,11H,3-6,8H2,1-2H3. The average Bonchev–Trinajstić information content (AvgIpc) is 2.95. The Balaban J connectivity index is 1.73. The third-order valence-corrected chi connectivity index (χ3v) is 3.65. The fourth-order valence-corrected chi connectivity index (χ4v) is 2.76. The van der Waals surface area contributed by atoms with E-state index in [0.29, 0.717) is 13.2 Å². The molecule has 0 aromatic carbocycles. The van der Waals surface area contributed by atoms with Gasteiger partial charge in [-0.25, -0.2) is 14.8 Å². The summed E-state index contributed by atoms with van der Waals surface area (Å²) in [5.74, 6) is 0.771. The Labute approximate surface area is 112 Å². The summed E-state index contributed by atoms with van der Waals surface area (Å²) in [6.07, 6.45) is 0.763. The van der Waals surface area contributed by atoms with Crippen LogP contribution in [-0.4, -0.2) is 53.2 Å². The topological polar surface area (TPSA) is 58.6 Å². The van der Waals surface area contributed by atoms with Crippen molar-refractivity contribution in [3.05, 3.63) is 17.5 Å². The van der Waals surface area contributed by atoms with Crippen LogP contribution >= 0.6 is 0 Å². The number of hydrogen-bond acceptors (Lipinski definition) is 5. The number of ether oxygens (including phenoxy) is 1. The normalized spacial score (nSPS) is 23.1. The zero-order valence-electron chi connectivity index (χ0n) is 11.3. The molecule has 1 amide bonds. The van der Waals surface area contributed by atoms with Gasteiger partial charge in [0.15, 0.2) is 0 Å². The van der Waals surface area contributed by atoms with Gasteiger partial charge in [-0.2, -0.15) is 0 Å². The molecule has 0 radical (unpaired) electrons. The first-order valence-corrected chi connectivity index (χ1v) is 6.64. The Bertz CT molecular complexity index is 485. The summed E-state index contributed by atoms with van der Waals surface area (Å²) in [5, 5.41) is 0. The van der Waals surface area contributed by atoms with Crippen molar-refractivity contribution in [2.75, 3.05) is 31.1 Å². The molecule has 3 rings (SSSR count). The molecular formula is C13H18N4O2. The van der Waals surface area contributed by atoms with E-state index in [-0.39, 0.29) is 12.1 Å². The Morgan fingerprint density at radius 2 is 2.00 bits per heavy atom. The van der Waals surface area contributed by atoms with E-state index < -0.39 is 0 Å². The molecule has 1 unspecified atom stereocenters. The predicted octanol–water partition coefficient (Wildman–Crippen LogP) is 1.12. The Morgan fingerprint density at radius 1 is 1.26 bits per heavy atom. The quantitative estimate of drug-likeness (QED) is 0.799. The second-order valence-corrected chi connectivity index (χ2v) is 5.15. The minimum Gasteiger partial charge on any atom is -0.448 e. The molecule has 2 fully saturated rings. The number of cyclic esters (lactones) is 1. The van der Waals surface area contributed by atoms with Crippen LogP contribution in [0.2, 0.25) is 0 Å². The van der Waals surface area contributed by atoms with Gasteiger partial charge in [0.1, 0.15) is 6.61 Å². The van der Waals surface area contributed by atoms with Crippen LogP contribution < -0.4 is 4.90 Å². The third-order valence-electron chi connectivity index (χ3n) is 3.65. The smallest absolute Gasteiger partial charge is 0.410 e. The number of amides is 1. The predicted molar refractivity (Wildman–Crippen MR) is 70.2 cm³/mol. The van der Waals surface area contributed by atoms with Gasteiger partial charge >= 0.3 is 6.09 Å². The molecule has 6 heteroatoms. The second-order valence-electron chi connectivity index (χ2n) is 5.15. The van der Waals surface area contributed by atoms with Gasteiger partial charge in [0, 0.05) is 24.5 Å². The summed E-state index contributed by atoms with van der Waals surface area (Å²) in [5.41, 5.74) is 1.96. The van der Waals surface area contributed by atoms with E-state index in [1.54, 1.807) is 0 Å². The molecular weight excluding hydrogens is 244 g/mol. The molecule has 3 heterocycles. The molecule has 102 valence electrons. The van der Waals surface area contributed by atoms with Crippen molar-refractivity contribution < 1.29 is 9.53 Å². The zero-order valence-corrected chi connectivity index (χ0v) is 11.3. The minimum atomic E-state index is -0.187. The van der Waals surface area contributed by atoms with Crippen molar-refractivity contribution in [2.24, 2.45) is 0 Å². The number of carbonyl (C=O) groups excluding carboxylic acids is 1. The van der Waals surface area contributed by atoms with Crippen LogP contribution in [0.4, 0.5) is 10.7 Å². The molecule has 0 N–H and O–H groups in total. The first-order valence-electron chi connectivity index (χ1n) is 6.64. The van der Waals surface area contributed by atoms with Crippen LogP contribution in [-0.2, 0) is 4.74 Å². The summed E-state index contributed by atoms with van der Waals surface area (Å²) < 4.78 is 4.99. The molecule has 0 aliphatic carbocycles. The highest BCUT2D eigenvalue weighted by Gasteiger charge is 2.35. The average molecular weight is 262 g/mol. The second kappa shape index (κ2) is 4.68. The van der Waals surface area contributed by atoms with Gasteiger partial charge in [0.25, 0.3) is 0 Å². The summed E-state index contributed by atoms with van der Waals surface area (Å²) in [4.78, 5) is 24.5. The van der Waals surface area contributed by atoms with Crippen molar-refractivity contribution in [3.63, 3.8) is 0 Å².